The third-order valence-corrected chi connectivity index (χ3v) is 4.37. The first-order valence-electron chi connectivity index (χ1n) is 6.71. The van der Waals surface area contributed by atoms with Crippen LogP contribution in [0.5, 0.6) is 0 Å². The summed E-state index contributed by atoms with van der Waals surface area (Å²) < 4.78 is 0. The van der Waals surface area contributed by atoms with Crippen molar-refractivity contribution in [2.75, 3.05) is 19.7 Å². The first kappa shape index (κ1) is 11.4. The Balaban J connectivity index is 1.60. The van der Waals surface area contributed by atoms with E-state index in [9.17, 15) is 5.11 Å². The van der Waals surface area contributed by atoms with Crippen LogP contribution in [0.2, 0.25) is 0 Å². The van der Waals surface area contributed by atoms with Gasteiger partial charge in [-0.1, -0.05) is 19.3 Å². The van der Waals surface area contributed by atoms with Crippen molar-refractivity contribution in [1.29, 1.82) is 0 Å². The molecular formula is C13H25NO. The molecule has 2 saturated carbocycles. The first-order valence-corrected chi connectivity index (χ1v) is 6.71. The lowest BCUT2D eigenvalue weighted by atomic mass is 9.96. The van der Waals surface area contributed by atoms with Gasteiger partial charge in [-0.15, -0.1) is 0 Å². The topological polar surface area (TPSA) is 32.3 Å². The SMILES string of the molecule is OCC1CCCC1CNCC1CCCC1. The molecule has 0 heterocycles. The Morgan fingerprint density at radius 1 is 0.867 bits per heavy atom. The quantitative estimate of drug-likeness (QED) is 0.730. The molecule has 2 fully saturated rings. The Bertz CT molecular complexity index is 177. The molecule has 15 heavy (non-hydrogen) atoms. The summed E-state index contributed by atoms with van der Waals surface area (Å²) in [6, 6.07) is 0. The zero-order valence-corrected chi connectivity index (χ0v) is 9.75. The van der Waals surface area contributed by atoms with Crippen LogP contribution >= 0.6 is 0 Å². The van der Waals surface area contributed by atoms with E-state index < -0.39 is 0 Å². The maximum atomic E-state index is 9.22. The summed E-state index contributed by atoms with van der Waals surface area (Å²) in [5.41, 5.74) is 0. The minimum Gasteiger partial charge on any atom is -0.396 e. The highest BCUT2D eigenvalue weighted by Crippen LogP contribution is 2.31. The number of hydrogen-bond acceptors (Lipinski definition) is 2. The summed E-state index contributed by atoms with van der Waals surface area (Å²) in [6.07, 6.45) is 9.63. The van der Waals surface area contributed by atoms with E-state index in [1.165, 1.54) is 51.5 Å². The molecule has 0 aromatic rings. The van der Waals surface area contributed by atoms with Gasteiger partial charge in [0.1, 0.15) is 0 Å². The second-order valence-electron chi connectivity index (χ2n) is 5.44. The molecule has 0 aromatic carbocycles. The van der Waals surface area contributed by atoms with Crippen molar-refractivity contribution in [2.24, 2.45) is 17.8 Å². The van der Waals surface area contributed by atoms with Crippen LogP contribution in [0.4, 0.5) is 0 Å². The minimum absolute atomic E-state index is 0.399. The number of hydrogen-bond donors (Lipinski definition) is 2. The van der Waals surface area contributed by atoms with E-state index in [2.05, 4.69) is 5.32 Å². The van der Waals surface area contributed by atoms with Crippen LogP contribution in [0.15, 0.2) is 0 Å². The Morgan fingerprint density at radius 2 is 1.60 bits per heavy atom. The van der Waals surface area contributed by atoms with Gasteiger partial charge in [0, 0.05) is 6.61 Å². The second-order valence-corrected chi connectivity index (χ2v) is 5.44. The highest BCUT2D eigenvalue weighted by atomic mass is 16.3. The Labute approximate surface area is 93.5 Å². The van der Waals surface area contributed by atoms with Crippen molar-refractivity contribution in [3.63, 3.8) is 0 Å². The van der Waals surface area contributed by atoms with Crippen molar-refractivity contribution >= 4 is 0 Å². The van der Waals surface area contributed by atoms with Gasteiger partial charge in [-0.25, -0.2) is 0 Å². The van der Waals surface area contributed by atoms with Crippen molar-refractivity contribution < 1.29 is 5.11 Å². The largest absolute Gasteiger partial charge is 0.396 e. The zero-order chi connectivity index (χ0) is 10.5. The van der Waals surface area contributed by atoms with E-state index in [0.717, 1.165) is 18.4 Å². The number of nitrogens with one attached hydrogen (secondary N) is 1. The van der Waals surface area contributed by atoms with Gasteiger partial charge in [0.15, 0.2) is 0 Å². The standard InChI is InChI=1S/C13H25NO/c15-10-13-7-3-6-12(13)9-14-8-11-4-1-2-5-11/h11-15H,1-10H2. The zero-order valence-electron chi connectivity index (χ0n) is 9.75. The molecule has 0 radical (unpaired) electrons. The summed E-state index contributed by atoms with van der Waals surface area (Å²) in [6.45, 7) is 2.76. The van der Waals surface area contributed by atoms with Gasteiger partial charge in [0.25, 0.3) is 0 Å². The van der Waals surface area contributed by atoms with Gasteiger partial charge in [0.2, 0.25) is 0 Å². The number of aliphatic hydroxyl groups is 1. The summed E-state index contributed by atoms with van der Waals surface area (Å²) >= 11 is 0. The maximum Gasteiger partial charge on any atom is 0.0462 e. The molecular weight excluding hydrogens is 186 g/mol. The van der Waals surface area contributed by atoms with Gasteiger partial charge in [-0.2, -0.15) is 0 Å². The Hall–Kier alpha value is -0.0800. The molecule has 2 atom stereocenters. The maximum absolute atomic E-state index is 9.22. The van der Waals surface area contributed by atoms with Gasteiger partial charge < -0.3 is 10.4 Å². The number of rotatable bonds is 5. The predicted octanol–water partition coefficient (Wildman–Crippen LogP) is 2.17. The average molecular weight is 211 g/mol. The van der Waals surface area contributed by atoms with Crippen molar-refractivity contribution in [2.45, 2.75) is 44.9 Å². The van der Waals surface area contributed by atoms with Crippen molar-refractivity contribution in [3.05, 3.63) is 0 Å². The molecule has 0 saturated heterocycles. The van der Waals surface area contributed by atoms with E-state index >= 15 is 0 Å². The highest BCUT2D eigenvalue weighted by Gasteiger charge is 2.26. The Morgan fingerprint density at radius 3 is 2.33 bits per heavy atom. The molecule has 2 N–H and O–H groups in total. The molecule has 2 unspecified atom stereocenters. The lowest BCUT2D eigenvalue weighted by Gasteiger charge is -2.19. The molecule has 0 aliphatic heterocycles. The van der Waals surface area contributed by atoms with E-state index in [0.29, 0.717) is 12.5 Å². The summed E-state index contributed by atoms with van der Waals surface area (Å²) in [5.74, 6) is 2.27. The lowest BCUT2D eigenvalue weighted by Crippen LogP contribution is -2.30. The Kier molecular flexibility index (Phi) is 4.45. The fraction of sp³-hybridized carbons (Fsp3) is 1.00. The number of aliphatic hydroxyl groups excluding tert-OH is 1. The summed E-state index contributed by atoms with van der Waals surface area (Å²) in [4.78, 5) is 0. The van der Waals surface area contributed by atoms with Crippen LogP contribution in [-0.2, 0) is 0 Å². The van der Waals surface area contributed by atoms with Crippen LogP contribution in [0.1, 0.15) is 44.9 Å². The smallest absolute Gasteiger partial charge is 0.0462 e. The molecule has 2 nitrogen and oxygen atoms in total. The van der Waals surface area contributed by atoms with Crippen LogP contribution < -0.4 is 5.32 Å². The molecule has 0 aromatic heterocycles. The van der Waals surface area contributed by atoms with E-state index in [-0.39, 0.29) is 0 Å². The third kappa shape index (κ3) is 3.18. The fourth-order valence-electron chi connectivity index (χ4n) is 3.31. The molecule has 2 aliphatic rings. The monoisotopic (exact) mass is 211 g/mol. The summed E-state index contributed by atoms with van der Waals surface area (Å²) in [7, 11) is 0. The molecule has 0 bridgehead atoms. The van der Waals surface area contributed by atoms with Gasteiger partial charge >= 0.3 is 0 Å². The van der Waals surface area contributed by atoms with E-state index in [1.807, 2.05) is 0 Å². The van der Waals surface area contributed by atoms with Gasteiger partial charge in [0.05, 0.1) is 0 Å². The fourth-order valence-corrected chi connectivity index (χ4v) is 3.31. The third-order valence-electron chi connectivity index (χ3n) is 4.37. The normalized spacial score (nSPS) is 32.6. The van der Waals surface area contributed by atoms with E-state index in [1.54, 1.807) is 0 Å². The summed E-state index contributed by atoms with van der Waals surface area (Å²) in [5, 5.41) is 12.8. The van der Waals surface area contributed by atoms with Crippen molar-refractivity contribution in [3.8, 4) is 0 Å². The first-order chi connectivity index (χ1) is 7.40. The molecule has 2 rings (SSSR count). The van der Waals surface area contributed by atoms with Gasteiger partial charge in [-0.05, 0) is 56.5 Å². The second kappa shape index (κ2) is 5.86. The van der Waals surface area contributed by atoms with Gasteiger partial charge in [-0.3, -0.25) is 0 Å². The molecule has 2 heteroatoms. The van der Waals surface area contributed by atoms with Crippen molar-refractivity contribution in [1.82, 2.24) is 5.32 Å². The molecule has 88 valence electrons. The van der Waals surface area contributed by atoms with Crippen LogP contribution in [0.25, 0.3) is 0 Å². The van der Waals surface area contributed by atoms with Crippen LogP contribution in [0.3, 0.4) is 0 Å². The lowest BCUT2D eigenvalue weighted by molar-refractivity contribution is 0.191. The molecule has 0 spiro atoms. The average Bonchev–Trinajstić information content (AvgIpc) is 2.88. The minimum atomic E-state index is 0.399. The molecule has 0 amide bonds. The highest BCUT2D eigenvalue weighted by molar-refractivity contribution is 4.79. The van der Waals surface area contributed by atoms with Crippen LogP contribution in [-0.4, -0.2) is 24.8 Å². The van der Waals surface area contributed by atoms with Crippen LogP contribution in [0, 0.1) is 17.8 Å². The predicted molar refractivity (Wildman–Crippen MR) is 62.7 cm³/mol. The van der Waals surface area contributed by atoms with E-state index in [4.69, 9.17) is 0 Å². The molecule has 2 aliphatic carbocycles.